The molecule has 116 valence electrons. The fourth-order valence-electron chi connectivity index (χ4n) is 3.37. The highest BCUT2D eigenvalue weighted by Crippen LogP contribution is 2.33. The summed E-state index contributed by atoms with van der Waals surface area (Å²) in [7, 11) is 0. The van der Waals surface area contributed by atoms with E-state index in [1.54, 1.807) is 0 Å². The molecule has 0 radical (unpaired) electrons. The van der Waals surface area contributed by atoms with E-state index >= 15 is 0 Å². The third kappa shape index (κ3) is 2.50. The van der Waals surface area contributed by atoms with Crippen LogP contribution in [0.5, 0.6) is 0 Å². The standard InChI is InChI=1S/C19H24N2O/c1-5-18(22)15-9-17(21-12(15)2)13-6-7-16-14(8-13)10-20-11-19(16,3)4/h6-9,20-21H,5,10-11H2,1-4H3. The maximum atomic E-state index is 12.0. The van der Waals surface area contributed by atoms with Gasteiger partial charge in [-0.25, -0.2) is 0 Å². The maximum absolute atomic E-state index is 12.0. The zero-order valence-corrected chi connectivity index (χ0v) is 13.8. The number of rotatable bonds is 3. The number of aryl methyl sites for hydroxylation is 1. The number of hydrogen-bond acceptors (Lipinski definition) is 2. The largest absolute Gasteiger partial charge is 0.358 e. The molecular weight excluding hydrogens is 272 g/mol. The number of aromatic nitrogens is 1. The van der Waals surface area contributed by atoms with E-state index in [0.29, 0.717) is 6.42 Å². The van der Waals surface area contributed by atoms with Crippen molar-refractivity contribution in [1.82, 2.24) is 10.3 Å². The van der Waals surface area contributed by atoms with E-state index in [0.717, 1.165) is 35.6 Å². The summed E-state index contributed by atoms with van der Waals surface area (Å²) in [6.07, 6.45) is 0.542. The van der Waals surface area contributed by atoms with Crippen molar-refractivity contribution in [3.63, 3.8) is 0 Å². The second-order valence-electron chi connectivity index (χ2n) is 6.86. The van der Waals surface area contributed by atoms with Crippen LogP contribution in [0.25, 0.3) is 11.3 Å². The Labute approximate surface area is 132 Å². The van der Waals surface area contributed by atoms with Crippen LogP contribution in [0.1, 0.15) is 54.4 Å². The molecule has 0 spiro atoms. The lowest BCUT2D eigenvalue weighted by Gasteiger charge is -2.33. The van der Waals surface area contributed by atoms with E-state index in [1.165, 1.54) is 11.1 Å². The van der Waals surface area contributed by atoms with Gasteiger partial charge in [0.25, 0.3) is 0 Å². The minimum atomic E-state index is 0.168. The van der Waals surface area contributed by atoms with Gasteiger partial charge in [-0.3, -0.25) is 4.79 Å². The van der Waals surface area contributed by atoms with Gasteiger partial charge in [-0.15, -0.1) is 0 Å². The van der Waals surface area contributed by atoms with Crippen molar-refractivity contribution in [3.05, 3.63) is 46.6 Å². The predicted molar refractivity (Wildman–Crippen MR) is 90.3 cm³/mol. The molecule has 1 aliphatic heterocycles. The van der Waals surface area contributed by atoms with Gasteiger partial charge in [0.15, 0.2) is 5.78 Å². The molecule has 2 N–H and O–H groups in total. The second-order valence-corrected chi connectivity index (χ2v) is 6.86. The quantitative estimate of drug-likeness (QED) is 0.842. The maximum Gasteiger partial charge on any atom is 0.164 e. The molecule has 22 heavy (non-hydrogen) atoms. The number of ketones is 1. The number of fused-ring (bicyclic) bond motifs is 1. The smallest absolute Gasteiger partial charge is 0.164 e. The van der Waals surface area contributed by atoms with Gasteiger partial charge in [0.2, 0.25) is 0 Å². The lowest BCUT2D eigenvalue weighted by Crippen LogP contribution is -2.38. The average molecular weight is 296 g/mol. The average Bonchev–Trinajstić information content (AvgIpc) is 2.88. The van der Waals surface area contributed by atoms with Crippen LogP contribution < -0.4 is 5.32 Å². The van der Waals surface area contributed by atoms with Crippen molar-refractivity contribution in [2.24, 2.45) is 0 Å². The fraction of sp³-hybridized carbons (Fsp3) is 0.421. The first-order valence-corrected chi connectivity index (χ1v) is 7.99. The Kier molecular flexibility index (Phi) is 3.69. The van der Waals surface area contributed by atoms with Crippen LogP contribution in [0.15, 0.2) is 24.3 Å². The Morgan fingerprint density at radius 1 is 1.27 bits per heavy atom. The summed E-state index contributed by atoms with van der Waals surface area (Å²) >= 11 is 0. The molecule has 0 bridgehead atoms. The SMILES string of the molecule is CCC(=O)c1cc(-c2ccc3c(c2)CNCC3(C)C)[nH]c1C. The third-order valence-electron chi connectivity index (χ3n) is 4.66. The van der Waals surface area contributed by atoms with Crippen molar-refractivity contribution in [3.8, 4) is 11.3 Å². The van der Waals surface area contributed by atoms with Crippen LogP contribution in [-0.2, 0) is 12.0 Å². The number of benzene rings is 1. The van der Waals surface area contributed by atoms with Crippen molar-refractivity contribution < 1.29 is 4.79 Å². The van der Waals surface area contributed by atoms with Crippen LogP contribution in [0.2, 0.25) is 0 Å². The summed E-state index contributed by atoms with van der Waals surface area (Å²) < 4.78 is 0. The Bertz CT molecular complexity index is 725. The van der Waals surface area contributed by atoms with Gasteiger partial charge in [-0.1, -0.05) is 32.9 Å². The lowest BCUT2D eigenvalue weighted by atomic mass is 9.78. The van der Waals surface area contributed by atoms with Crippen molar-refractivity contribution in [2.75, 3.05) is 6.54 Å². The summed E-state index contributed by atoms with van der Waals surface area (Å²) in [5, 5.41) is 3.49. The van der Waals surface area contributed by atoms with Crippen LogP contribution in [0, 0.1) is 6.92 Å². The topological polar surface area (TPSA) is 44.9 Å². The van der Waals surface area contributed by atoms with Crippen LogP contribution in [0.4, 0.5) is 0 Å². The van der Waals surface area contributed by atoms with Gasteiger partial charge in [-0.05, 0) is 35.7 Å². The molecule has 0 aliphatic carbocycles. The molecule has 3 heteroatoms. The first kappa shape index (κ1) is 15.0. The normalized spacial score (nSPS) is 16.4. The minimum Gasteiger partial charge on any atom is -0.358 e. The number of nitrogens with one attached hydrogen (secondary N) is 2. The first-order chi connectivity index (χ1) is 10.4. The minimum absolute atomic E-state index is 0.168. The van der Waals surface area contributed by atoms with Gasteiger partial charge in [-0.2, -0.15) is 0 Å². The monoisotopic (exact) mass is 296 g/mol. The van der Waals surface area contributed by atoms with Gasteiger partial charge in [0, 0.05) is 41.9 Å². The molecule has 1 aromatic carbocycles. The van der Waals surface area contributed by atoms with Gasteiger partial charge in [0.1, 0.15) is 0 Å². The van der Waals surface area contributed by atoms with E-state index in [4.69, 9.17) is 0 Å². The van der Waals surface area contributed by atoms with E-state index in [2.05, 4.69) is 42.3 Å². The summed E-state index contributed by atoms with van der Waals surface area (Å²) in [5.41, 5.74) is 6.89. The molecule has 3 rings (SSSR count). The summed E-state index contributed by atoms with van der Waals surface area (Å²) in [6, 6.07) is 8.64. The number of carbonyl (C=O) groups excluding carboxylic acids is 1. The summed E-state index contributed by atoms with van der Waals surface area (Å²) in [5.74, 6) is 0.195. The Hall–Kier alpha value is -1.87. The molecule has 2 aromatic rings. The molecule has 3 nitrogen and oxygen atoms in total. The van der Waals surface area contributed by atoms with Gasteiger partial charge in [0.05, 0.1) is 0 Å². The number of carbonyl (C=O) groups is 1. The lowest BCUT2D eigenvalue weighted by molar-refractivity contribution is 0.0987. The molecule has 0 unspecified atom stereocenters. The van der Waals surface area contributed by atoms with Crippen LogP contribution in [0.3, 0.4) is 0 Å². The number of Topliss-reactive ketones (excluding diaryl/α,β-unsaturated/α-hetero) is 1. The van der Waals surface area contributed by atoms with Crippen molar-refractivity contribution in [1.29, 1.82) is 0 Å². The molecule has 0 atom stereocenters. The molecule has 2 heterocycles. The number of hydrogen-bond donors (Lipinski definition) is 2. The van der Waals surface area contributed by atoms with Crippen molar-refractivity contribution in [2.45, 2.75) is 46.1 Å². The van der Waals surface area contributed by atoms with E-state index in [-0.39, 0.29) is 11.2 Å². The molecule has 0 saturated heterocycles. The number of aromatic amines is 1. The Morgan fingerprint density at radius 3 is 2.77 bits per heavy atom. The molecule has 0 saturated carbocycles. The van der Waals surface area contributed by atoms with Gasteiger partial charge >= 0.3 is 0 Å². The summed E-state index contributed by atoms with van der Waals surface area (Å²) in [6.45, 7) is 10.3. The first-order valence-electron chi connectivity index (χ1n) is 7.99. The zero-order chi connectivity index (χ0) is 15.9. The molecule has 1 aromatic heterocycles. The van der Waals surface area contributed by atoms with Crippen LogP contribution in [-0.4, -0.2) is 17.3 Å². The molecule has 0 fully saturated rings. The van der Waals surface area contributed by atoms with Crippen molar-refractivity contribution >= 4 is 5.78 Å². The highest BCUT2D eigenvalue weighted by Gasteiger charge is 2.27. The number of H-pyrrole nitrogens is 1. The summed E-state index contributed by atoms with van der Waals surface area (Å²) in [4.78, 5) is 15.3. The van der Waals surface area contributed by atoms with E-state index in [9.17, 15) is 4.79 Å². The highest BCUT2D eigenvalue weighted by atomic mass is 16.1. The Morgan fingerprint density at radius 2 is 2.05 bits per heavy atom. The molecular formula is C19H24N2O. The van der Waals surface area contributed by atoms with E-state index < -0.39 is 0 Å². The van der Waals surface area contributed by atoms with Crippen LogP contribution >= 0.6 is 0 Å². The fourth-order valence-corrected chi connectivity index (χ4v) is 3.37. The zero-order valence-electron chi connectivity index (χ0n) is 13.8. The third-order valence-corrected chi connectivity index (χ3v) is 4.66. The highest BCUT2D eigenvalue weighted by molar-refractivity contribution is 5.98. The second kappa shape index (κ2) is 5.40. The molecule has 1 aliphatic rings. The molecule has 0 amide bonds. The van der Waals surface area contributed by atoms with E-state index in [1.807, 2.05) is 19.9 Å². The predicted octanol–water partition coefficient (Wildman–Crippen LogP) is 3.96. The Balaban J connectivity index is 2.02. The van der Waals surface area contributed by atoms with Gasteiger partial charge < -0.3 is 10.3 Å².